The van der Waals surface area contributed by atoms with Crippen molar-refractivity contribution >= 4 is 10.9 Å². The monoisotopic (exact) mass is 244 g/mol. The second-order valence-corrected chi connectivity index (χ2v) is 5.58. The Balaban J connectivity index is 2.26. The minimum absolute atomic E-state index is 0.0234. The summed E-state index contributed by atoms with van der Waals surface area (Å²) in [5.74, 6) is 0. The molecule has 3 nitrogen and oxygen atoms in total. The largest absolute Gasteiger partial charge is 0.393 e. The maximum Gasteiger partial charge on any atom is 0.0558 e. The van der Waals surface area contributed by atoms with Crippen molar-refractivity contribution in [3.63, 3.8) is 0 Å². The van der Waals surface area contributed by atoms with Gasteiger partial charge in [-0.25, -0.2) is 0 Å². The van der Waals surface area contributed by atoms with Gasteiger partial charge >= 0.3 is 0 Å². The molecule has 0 atom stereocenters. The zero-order valence-corrected chi connectivity index (χ0v) is 11.0. The molecule has 96 valence electrons. The molecule has 3 N–H and O–H groups in total. The molecule has 0 radical (unpaired) electrons. The van der Waals surface area contributed by atoms with E-state index in [1.165, 1.54) is 22.2 Å². The SMILES string of the molecule is Cc1c(C2(CN)CC(O)C2)c2ccccc2n1C. The Bertz CT molecular complexity index is 594. The number of hydrogen-bond acceptors (Lipinski definition) is 2. The second kappa shape index (κ2) is 3.84. The van der Waals surface area contributed by atoms with Gasteiger partial charge < -0.3 is 15.4 Å². The molecule has 1 fully saturated rings. The van der Waals surface area contributed by atoms with E-state index in [1.54, 1.807) is 0 Å². The summed E-state index contributed by atoms with van der Waals surface area (Å²) in [6, 6.07) is 8.45. The summed E-state index contributed by atoms with van der Waals surface area (Å²) in [5, 5.41) is 11.0. The quantitative estimate of drug-likeness (QED) is 0.847. The summed E-state index contributed by atoms with van der Waals surface area (Å²) in [5.41, 5.74) is 9.85. The first-order chi connectivity index (χ1) is 8.59. The van der Waals surface area contributed by atoms with Gasteiger partial charge in [0.05, 0.1) is 6.10 Å². The molecule has 0 bridgehead atoms. The molecule has 1 aromatic heterocycles. The number of aromatic nitrogens is 1. The fourth-order valence-corrected chi connectivity index (χ4v) is 3.51. The van der Waals surface area contributed by atoms with Gasteiger partial charge in [0, 0.05) is 35.6 Å². The number of rotatable bonds is 2. The Morgan fingerprint density at radius 2 is 2.06 bits per heavy atom. The molecular weight excluding hydrogens is 224 g/mol. The van der Waals surface area contributed by atoms with E-state index in [0.717, 1.165) is 12.8 Å². The summed E-state index contributed by atoms with van der Waals surface area (Å²) in [7, 11) is 2.10. The van der Waals surface area contributed by atoms with Crippen molar-refractivity contribution in [2.24, 2.45) is 12.8 Å². The summed E-state index contributed by atoms with van der Waals surface area (Å²) < 4.78 is 2.23. The standard InChI is InChI=1S/C15H20N2O/c1-10-14(15(9-16)7-11(18)8-15)12-5-3-4-6-13(12)17(10)2/h3-6,11,18H,7-9,16H2,1-2H3. The van der Waals surface area contributed by atoms with Crippen LogP contribution in [0.15, 0.2) is 24.3 Å². The predicted octanol–water partition coefficient (Wildman–Crippen LogP) is 1.84. The number of nitrogens with zero attached hydrogens (tertiary/aromatic N) is 1. The Morgan fingerprint density at radius 1 is 1.39 bits per heavy atom. The van der Waals surface area contributed by atoms with Gasteiger partial charge in [0.25, 0.3) is 0 Å². The molecule has 1 aromatic carbocycles. The molecule has 1 aliphatic carbocycles. The minimum Gasteiger partial charge on any atom is -0.393 e. The maximum absolute atomic E-state index is 9.68. The lowest BCUT2D eigenvalue weighted by atomic mass is 9.62. The minimum atomic E-state index is -0.188. The van der Waals surface area contributed by atoms with Crippen LogP contribution in [-0.4, -0.2) is 22.3 Å². The molecule has 3 heteroatoms. The third kappa shape index (κ3) is 1.38. The van der Waals surface area contributed by atoms with Gasteiger partial charge in [0.15, 0.2) is 0 Å². The third-order valence-corrected chi connectivity index (χ3v) is 4.57. The van der Waals surface area contributed by atoms with Crippen molar-refractivity contribution in [1.29, 1.82) is 0 Å². The fraction of sp³-hybridized carbons (Fsp3) is 0.467. The number of aryl methyl sites for hydroxylation is 1. The van der Waals surface area contributed by atoms with Crippen molar-refractivity contribution in [2.45, 2.75) is 31.3 Å². The average molecular weight is 244 g/mol. The Kier molecular flexibility index (Phi) is 2.50. The first kappa shape index (κ1) is 11.8. The first-order valence-electron chi connectivity index (χ1n) is 6.52. The van der Waals surface area contributed by atoms with Crippen molar-refractivity contribution in [2.75, 3.05) is 6.54 Å². The zero-order chi connectivity index (χ0) is 12.9. The van der Waals surface area contributed by atoms with Crippen LogP contribution in [0.2, 0.25) is 0 Å². The van der Waals surface area contributed by atoms with Crippen LogP contribution in [0, 0.1) is 6.92 Å². The van der Waals surface area contributed by atoms with Crippen molar-refractivity contribution in [1.82, 2.24) is 4.57 Å². The highest BCUT2D eigenvalue weighted by Crippen LogP contribution is 2.47. The molecule has 3 rings (SSSR count). The van der Waals surface area contributed by atoms with Crippen LogP contribution in [0.1, 0.15) is 24.1 Å². The van der Waals surface area contributed by atoms with Crippen LogP contribution in [0.3, 0.4) is 0 Å². The average Bonchev–Trinajstić information content (AvgIpc) is 2.59. The normalized spacial score (nSPS) is 27.4. The van der Waals surface area contributed by atoms with E-state index in [9.17, 15) is 5.11 Å². The number of para-hydroxylation sites is 1. The van der Waals surface area contributed by atoms with Gasteiger partial charge in [-0.05, 0) is 31.4 Å². The van der Waals surface area contributed by atoms with E-state index < -0.39 is 0 Å². The van der Waals surface area contributed by atoms with Gasteiger partial charge in [0.1, 0.15) is 0 Å². The van der Waals surface area contributed by atoms with E-state index in [1.807, 2.05) is 0 Å². The molecule has 1 heterocycles. The number of fused-ring (bicyclic) bond motifs is 1. The van der Waals surface area contributed by atoms with Crippen molar-refractivity contribution < 1.29 is 5.11 Å². The van der Waals surface area contributed by atoms with Gasteiger partial charge in [-0.3, -0.25) is 0 Å². The number of aliphatic hydroxyl groups is 1. The topological polar surface area (TPSA) is 51.2 Å². The molecule has 18 heavy (non-hydrogen) atoms. The summed E-state index contributed by atoms with van der Waals surface area (Å²) in [6.07, 6.45) is 1.39. The zero-order valence-electron chi connectivity index (χ0n) is 11.0. The summed E-state index contributed by atoms with van der Waals surface area (Å²) in [6.45, 7) is 2.76. The lowest BCUT2D eigenvalue weighted by Crippen LogP contribution is -2.50. The molecule has 0 spiro atoms. The van der Waals surface area contributed by atoms with E-state index >= 15 is 0 Å². The van der Waals surface area contributed by atoms with E-state index in [2.05, 4.69) is 42.8 Å². The Morgan fingerprint density at radius 3 is 2.67 bits per heavy atom. The Hall–Kier alpha value is -1.32. The lowest BCUT2D eigenvalue weighted by Gasteiger charge is -2.45. The summed E-state index contributed by atoms with van der Waals surface area (Å²) in [4.78, 5) is 0. The Labute approximate surface area is 107 Å². The van der Waals surface area contributed by atoms with Gasteiger partial charge in [-0.2, -0.15) is 0 Å². The number of benzene rings is 1. The van der Waals surface area contributed by atoms with E-state index in [-0.39, 0.29) is 11.5 Å². The molecule has 0 amide bonds. The van der Waals surface area contributed by atoms with Crippen LogP contribution in [0.5, 0.6) is 0 Å². The predicted molar refractivity (Wildman–Crippen MR) is 73.6 cm³/mol. The molecule has 1 saturated carbocycles. The van der Waals surface area contributed by atoms with Crippen LogP contribution >= 0.6 is 0 Å². The molecule has 0 saturated heterocycles. The first-order valence-corrected chi connectivity index (χ1v) is 6.52. The van der Waals surface area contributed by atoms with Crippen molar-refractivity contribution in [3.8, 4) is 0 Å². The number of nitrogens with two attached hydrogens (primary N) is 1. The molecule has 0 unspecified atom stereocenters. The fourth-order valence-electron chi connectivity index (χ4n) is 3.51. The second-order valence-electron chi connectivity index (χ2n) is 5.58. The maximum atomic E-state index is 9.68. The smallest absolute Gasteiger partial charge is 0.0558 e. The molecule has 2 aromatic rings. The van der Waals surface area contributed by atoms with Gasteiger partial charge in [-0.1, -0.05) is 18.2 Å². The van der Waals surface area contributed by atoms with Gasteiger partial charge in [0.2, 0.25) is 0 Å². The van der Waals surface area contributed by atoms with E-state index in [4.69, 9.17) is 5.73 Å². The van der Waals surface area contributed by atoms with Crippen molar-refractivity contribution in [3.05, 3.63) is 35.5 Å². The highest BCUT2D eigenvalue weighted by molar-refractivity contribution is 5.87. The molecule has 0 aliphatic heterocycles. The van der Waals surface area contributed by atoms with Crippen LogP contribution in [-0.2, 0) is 12.5 Å². The van der Waals surface area contributed by atoms with Crippen LogP contribution < -0.4 is 5.73 Å². The van der Waals surface area contributed by atoms with E-state index in [0.29, 0.717) is 6.54 Å². The highest BCUT2D eigenvalue weighted by atomic mass is 16.3. The van der Waals surface area contributed by atoms with Crippen LogP contribution in [0.25, 0.3) is 10.9 Å². The molecular formula is C15H20N2O. The number of aliphatic hydroxyl groups excluding tert-OH is 1. The summed E-state index contributed by atoms with van der Waals surface area (Å²) >= 11 is 0. The lowest BCUT2D eigenvalue weighted by molar-refractivity contribution is 0.0225. The number of hydrogen-bond donors (Lipinski definition) is 2. The van der Waals surface area contributed by atoms with Gasteiger partial charge in [-0.15, -0.1) is 0 Å². The third-order valence-electron chi connectivity index (χ3n) is 4.57. The van der Waals surface area contributed by atoms with Crippen LogP contribution in [0.4, 0.5) is 0 Å². The molecule has 1 aliphatic rings. The highest BCUT2D eigenvalue weighted by Gasteiger charge is 2.46.